The molecule has 0 aliphatic rings. The average molecular weight is 570 g/mol. The van der Waals surface area contributed by atoms with Gasteiger partial charge in [0.25, 0.3) is 0 Å². The van der Waals surface area contributed by atoms with Gasteiger partial charge in [0, 0.05) is 30.7 Å². The number of hydrogen-bond acceptors (Lipinski definition) is 3. The van der Waals surface area contributed by atoms with Crippen molar-refractivity contribution < 1.29 is 4.42 Å². The van der Waals surface area contributed by atoms with Gasteiger partial charge in [0.2, 0.25) is 0 Å². The van der Waals surface area contributed by atoms with Crippen LogP contribution in [0.1, 0.15) is 97.5 Å². The van der Waals surface area contributed by atoms with Crippen molar-refractivity contribution in [2.45, 2.75) is 58.9 Å². The average Bonchev–Trinajstić information content (AvgIpc) is 3.58. The number of rotatable bonds is 11. The standard InChI is InChI=1S/C39H43N3O/c1-10-26-17-16-19-30(25(7)8)37(26)41-38(35-27(11-2)21-29(24(5)6)22-28(35)12-3)39-40-32(23-42(39)9)36-31-18-14-15-20-34(31)43-33(36)13-4/h10-12,14-25,38,41H,1-3,13H2,4-9H3. The lowest BCUT2D eigenvalue weighted by Gasteiger charge is -2.28. The topological polar surface area (TPSA) is 43.0 Å². The lowest BCUT2D eigenvalue weighted by Crippen LogP contribution is -2.21. The first-order valence-corrected chi connectivity index (χ1v) is 15.2. The van der Waals surface area contributed by atoms with Crippen molar-refractivity contribution in [2.75, 3.05) is 5.32 Å². The molecule has 1 unspecified atom stereocenters. The van der Waals surface area contributed by atoms with Gasteiger partial charge in [-0.2, -0.15) is 0 Å². The molecule has 0 bridgehead atoms. The second-order valence-electron chi connectivity index (χ2n) is 11.8. The summed E-state index contributed by atoms with van der Waals surface area (Å²) in [5.41, 5.74) is 10.6. The predicted octanol–water partition coefficient (Wildman–Crippen LogP) is 10.8. The number of nitrogens with one attached hydrogen (secondary N) is 1. The number of para-hydroxylation sites is 2. The van der Waals surface area contributed by atoms with Crippen LogP contribution >= 0.6 is 0 Å². The second kappa shape index (κ2) is 12.3. The number of hydrogen-bond donors (Lipinski definition) is 1. The summed E-state index contributed by atoms with van der Waals surface area (Å²) in [5, 5.41) is 5.05. The molecule has 0 amide bonds. The molecule has 0 saturated carbocycles. The Morgan fingerprint density at radius 2 is 1.56 bits per heavy atom. The fourth-order valence-corrected chi connectivity index (χ4v) is 6.04. The minimum absolute atomic E-state index is 0.303. The van der Waals surface area contributed by atoms with E-state index in [4.69, 9.17) is 9.40 Å². The smallest absolute Gasteiger partial charge is 0.136 e. The zero-order valence-corrected chi connectivity index (χ0v) is 26.4. The van der Waals surface area contributed by atoms with Crippen LogP contribution in [0.5, 0.6) is 0 Å². The largest absolute Gasteiger partial charge is 0.460 e. The first-order chi connectivity index (χ1) is 20.7. The number of nitrogens with zero attached hydrogens (tertiary/aromatic N) is 2. The fourth-order valence-electron chi connectivity index (χ4n) is 6.04. The van der Waals surface area contributed by atoms with E-state index in [1.165, 1.54) is 11.1 Å². The summed E-state index contributed by atoms with van der Waals surface area (Å²) < 4.78 is 8.41. The van der Waals surface area contributed by atoms with E-state index in [9.17, 15) is 0 Å². The van der Waals surface area contributed by atoms with E-state index < -0.39 is 0 Å². The summed E-state index contributed by atoms with van der Waals surface area (Å²) >= 11 is 0. The molecule has 1 N–H and O–H groups in total. The van der Waals surface area contributed by atoms with Crippen LogP contribution in [-0.4, -0.2) is 9.55 Å². The van der Waals surface area contributed by atoms with Gasteiger partial charge in [-0.1, -0.05) is 121 Å². The van der Waals surface area contributed by atoms with Crippen molar-refractivity contribution in [1.29, 1.82) is 0 Å². The fraction of sp³-hybridized carbons (Fsp3) is 0.256. The van der Waals surface area contributed by atoms with Crippen LogP contribution in [-0.2, 0) is 13.5 Å². The molecule has 0 spiro atoms. The number of anilines is 1. The van der Waals surface area contributed by atoms with Crippen LogP contribution < -0.4 is 5.32 Å². The molecule has 4 heteroatoms. The number of fused-ring (bicyclic) bond motifs is 1. The van der Waals surface area contributed by atoms with Crippen molar-refractivity contribution in [3.05, 3.63) is 125 Å². The first kappa shape index (κ1) is 29.9. The Hall–Kier alpha value is -4.57. The molecule has 4 nitrogen and oxygen atoms in total. The van der Waals surface area contributed by atoms with E-state index in [-0.39, 0.29) is 6.04 Å². The monoisotopic (exact) mass is 569 g/mol. The van der Waals surface area contributed by atoms with E-state index >= 15 is 0 Å². The molecular formula is C39H43N3O. The molecule has 0 saturated heterocycles. The van der Waals surface area contributed by atoms with E-state index in [1.54, 1.807) is 0 Å². The molecule has 2 heterocycles. The van der Waals surface area contributed by atoms with E-state index in [0.717, 1.165) is 68.2 Å². The molecular weight excluding hydrogens is 526 g/mol. The van der Waals surface area contributed by atoms with Gasteiger partial charge in [-0.25, -0.2) is 4.98 Å². The van der Waals surface area contributed by atoms with Crippen molar-refractivity contribution >= 4 is 34.9 Å². The molecule has 3 aromatic carbocycles. The summed E-state index contributed by atoms with van der Waals surface area (Å²) in [4.78, 5) is 5.37. The van der Waals surface area contributed by atoms with Gasteiger partial charge in [-0.15, -0.1) is 0 Å². The third-order valence-corrected chi connectivity index (χ3v) is 8.34. The molecule has 0 fully saturated rings. The predicted molar refractivity (Wildman–Crippen MR) is 185 cm³/mol. The van der Waals surface area contributed by atoms with Crippen LogP contribution in [0.25, 0.3) is 40.5 Å². The molecule has 0 aliphatic carbocycles. The molecule has 43 heavy (non-hydrogen) atoms. The Kier molecular flexibility index (Phi) is 8.59. The SMILES string of the molecule is C=Cc1cccc(C(C)C)c1NC(c1c(C=C)cc(C(C)C)cc1C=C)c1nc(-c2c(CC)oc3ccccc23)cn1C. The van der Waals surface area contributed by atoms with Crippen LogP contribution in [0.4, 0.5) is 5.69 Å². The van der Waals surface area contributed by atoms with Crippen molar-refractivity contribution in [1.82, 2.24) is 9.55 Å². The lowest BCUT2D eigenvalue weighted by atomic mass is 9.88. The lowest BCUT2D eigenvalue weighted by molar-refractivity contribution is 0.558. The van der Waals surface area contributed by atoms with Crippen molar-refractivity contribution in [3.8, 4) is 11.3 Å². The molecule has 220 valence electrons. The van der Waals surface area contributed by atoms with Gasteiger partial charge >= 0.3 is 0 Å². The Morgan fingerprint density at radius 3 is 2.16 bits per heavy atom. The molecule has 5 rings (SSSR count). The molecule has 0 aliphatic heterocycles. The zero-order valence-electron chi connectivity index (χ0n) is 26.4. The van der Waals surface area contributed by atoms with Gasteiger partial charge in [-0.3, -0.25) is 0 Å². The Bertz CT molecular complexity index is 1780. The van der Waals surface area contributed by atoms with Gasteiger partial charge in [0.05, 0.1) is 11.3 Å². The Labute approximate surface area is 256 Å². The van der Waals surface area contributed by atoms with Gasteiger partial charge < -0.3 is 14.3 Å². The quantitative estimate of drug-likeness (QED) is 0.172. The Morgan fingerprint density at radius 1 is 0.884 bits per heavy atom. The van der Waals surface area contributed by atoms with Gasteiger partial charge in [0.15, 0.2) is 0 Å². The van der Waals surface area contributed by atoms with Crippen molar-refractivity contribution in [2.24, 2.45) is 7.05 Å². The van der Waals surface area contributed by atoms with E-state index in [0.29, 0.717) is 11.8 Å². The summed E-state index contributed by atoms with van der Waals surface area (Å²) in [7, 11) is 2.07. The van der Waals surface area contributed by atoms with Crippen LogP contribution in [0, 0.1) is 0 Å². The van der Waals surface area contributed by atoms with Crippen LogP contribution in [0.3, 0.4) is 0 Å². The maximum atomic E-state index is 6.27. The number of aromatic nitrogens is 2. The van der Waals surface area contributed by atoms with E-state index in [2.05, 4.69) is 120 Å². The minimum atomic E-state index is -0.303. The zero-order chi connectivity index (χ0) is 30.8. The third kappa shape index (κ3) is 5.50. The molecule has 5 aromatic rings. The van der Waals surface area contributed by atoms with Gasteiger partial charge in [-0.05, 0) is 51.3 Å². The number of furan rings is 1. The highest BCUT2D eigenvalue weighted by molar-refractivity contribution is 5.94. The maximum Gasteiger partial charge on any atom is 0.136 e. The first-order valence-electron chi connectivity index (χ1n) is 15.2. The number of aryl methyl sites for hydroxylation is 2. The number of imidazole rings is 1. The van der Waals surface area contributed by atoms with E-state index in [1.807, 2.05) is 30.4 Å². The second-order valence-corrected chi connectivity index (χ2v) is 11.8. The van der Waals surface area contributed by atoms with Crippen LogP contribution in [0.15, 0.2) is 84.9 Å². The highest BCUT2D eigenvalue weighted by Gasteiger charge is 2.28. The van der Waals surface area contributed by atoms with Crippen LogP contribution in [0.2, 0.25) is 0 Å². The minimum Gasteiger partial charge on any atom is -0.460 e. The third-order valence-electron chi connectivity index (χ3n) is 8.34. The summed E-state index contributed by atoms with van der Waals surface area (Å²) in [6.07, 6.45) is 8.72. The number of benzene rings is 3. The van der Waals surface area contributed by atoms with Gasteiger partial charge in [0.1, 0.15) is 23.2 Å². The highest BCUT2D eigenvalue weighted by Crippen LogP contribution is 2.40. The summed E-state index contributed by atoms with van der Waals surface area (Å²) in [6, 6.07) is 18.8. The molecule has 0 radical (unpaired) electrons. The summed E-state index contributed by atoms with van der Waals surface area (Å²) in [6.45, 7) is 23.6. The Balaban J connectivity index is 1.80. The summed E-state index contributed by atoms with van der Waals surface area (Å²) in [5.74, 6) is 2.51. The molecule has 1 atom stereocenters. The highest BCUT2D eigenvalue weighted by atomic mass is 16.3. The maximum absolute atomic E-state index is 6.27. The molecule has 2 aromatic heterocycles. The van der Waals surface area contributed by atoms with Crippen molar-refractivity contribution in [3.63, 3.8) is 0 Å². The normalized spacial score (nSPS) is 12.2.